The summed E-state index contributed by atoms with van der Waals surface area (Å²) in [5.41, 5.74) is 1.65. The Morgan fingerprint density at radius 1 is 1.25 bits per heavy atom. The zero-order valence-electron chi connectivity index (χ0n) is 8.80. The van der Waals surface area contributed by atoms with Crippen LogP contribution in [0.4, 0.5) is 0 Å². The zero-order valence-corrected chi connectivity index (χ0v) is 8.80. The van der Waals surface area contributed by atoms with Crippen LogP contribution < -0.4 is 0 Å². The molecule has 70 valence electrons. The second-order valence-corrected chi connectivity index (χ2v) is 4.27. The van der Waals surface area contributed by atoms with Gasteiger partial charge in [-0.15, -0.1) is 0 Å². The van der Waals surface area contributed by atoms with Crippen LogP contribution >= 0.6 is 0 Å². The predicted molar refractivity (Wildman–Crippen MR) is 54.2 cm³/mol. The summed E-state index contributed by atoms with van der Waals surface area (Å²) in [5, 5.41) is 0. The van der Waals surface area contributed by atoms with Gasteiger partial charge in [0.05, 0.1) is 0 Å². The molecule has 1 heteroatoms. The van der Waals surface area contributed by atoms with E-state index in [4.69, 9.17) is 0 Å². The minimum Gasteiger partial charge on any atom is -0.297 e. The molecule has 0 bridgehead atoms. The third-order valence-electron chi connectivity index (χ3n) is 2.75. The molecule has 1 heterocycles. The van der Waals surface area contributed by atoms with Crippen LogP contribution in [0.15, 0.2) is 11.6 Å². The van der Waals surface area contributed by atoms with Gasteiger partial charge in [0.15, 0.2) is 0 Å². The van der Waals surface area contributed by atoms with Crippen molar-refractivity contribution in [3.63, 3.8) is 0 Å². The second kappa shape index (κ2) is 4.08. The maximum atomic E-state index is 2.52. The highest BCUT2D eigenvalue weighted by molar-refractivity contribution is 5.09. The van der Waals surface area contributed by atoms with Crippen LogP contribution in [0.1, 0.15) is 34.1 Å². The first-order chi connectivity index (χ1) is 5.61. The molecule has 1 aliphatic heterocycles. The number of hydrogen-bond donors (Lipinski definition) is 0. The molecule has 0 N–H and O–H groups in total. The quantitative estimate of drug-likeness (QED) is 0.572. The highest BCUT2D eigenvalue weighted by atomic mass is 15.1. The average molecular weight is 167 g/mol. The number of nitrogens with zero attached hydrogens (tertiary/aromatic N) is 1. The lowest BCUT2D eigenvalue weighted by atomic mass is 9.96. The lowest BCUT2D eigenvalue weighted by Crippen LogP contribution is -2.35. The van der Waals surface area contributed by atoms with Crippen molar-refractivity contribution in [1.82, 2.24) is 4.90 Å². The Kier molecular flexibility index (Phi) is 3.33. The van der Waals surface area contributed by atoms with Crippen LogP contribution in [0, 0.1) is 5.92 Å². The molecule has 1 nitrogen and oxygen atoms in total. The summed E-state index contributed by atoms with van der Waals surface area (Å²) in [7, 11) is 0. The van der Waals surface area contributed by atoms with Gasteiger partial charge in [0.2, 0.25) is 0 Å². The van der Waals surface area contributed by atoms with Gasteiger partial charge in [0, 0.05) is 19.1 Å². The SMILES string of the molecule is CC(C)C1=CCN(C(C)C)CC1. The van der Waals surface area contributed by atoms with E-state index in [0.29, 0.717) is 6.04 Å². The van der Waals surface area contributed by atoms with Crippen molar-refractivity contribution in [3.05, 3.63) is 11.6 Å². The van der Waals surface area contributed by atoms with Crippen LogP contribution in [0.5, 0.6) is 0 Å². The Balaban J connectivity index is 2.47. The van der Waals surface area contributed by atoms with Gasteiger partial charge in [-0.3, -0.25) is 4.90 Å². The fourth-order valence-corrected chi connectivity index (χ4v) is 1.69. The largest absolute Gasteiger partial charge is 0.297 e. The van der Waals surface area contributed by atoms with Gasteiger partial charge in [0.1, 0.15) is 0 Å². The van der Waals surface area contributed by atoms with Crippen molar-refractivity contribution in [3.8, 4) is 0 Å². The maximum absolute atomic E-state index is 2.52. The van der Waals surface area contributed by atoms with Crippen molar-refractivity contribution in [2.24, 2.45) is 5.92 Å². The van der Waals surface area contributed by atoms with Crippen molar-refractivity contribution >= 4 is 0 Å². The van der Waals surface area contributed by atoms with Gasteiger partial charge in [-0.2, -0.15) is 0 Å². The standard InChI is InChI=1S/C11H21N/c1-9(2)11-5-7-12(8-6-11)10(3)4/h5,9-10H,6-8H2,1-4H3. The highest BCUT2D eigenvalue weighted by Crippen LogP contribution is 2.19. The summed E-state index contributed by atoms with van der Waals surface area (Å²) in [4.78, 5) is 2.52. The van der Waals surface area contributed by atoms with Gasteiger partial charge >= 0.3 is 0 Å². The van der Waals surface area contributed by atoms with Crippen LogP contribution in [0.2, 0.25) is 0 Å². The normalized spacial score (nSPS) is 20.3. The molecule has 0 saturated carbocycles. The van der Waals surface area contributed by atoms with Gasteiger partial charge in [-0.1, -0.05) is 25.5 Å². The summed E-state index contributed by atoms with van der Waals surface area (Å²) < 4.78 is 0. The highest BCUT2D eigenvalue weighted by Gasteiger charge is 2.15. The van der Waals surface area contributed by atoms with E-state index in [1.165, 1.54) is 13.0 Å². The smallest absolute Gasteiger partial charge is 0.0168 e. The van der Waals surface area contributed by atoms with Crippen molar-refractivity contribution in [1.29, 1.82) is 0 Å². The molecule has 0 aromatic rings. The minimum absolute atomic E-state index is 0.704. The van der Waals surface area contributed by atoms with E-state index < -0.39 is 0 Å². The summed E-state index contributed by atoms with van der Waals surface area (Å²) in [6, 6.07) is 0.704. The van der Waals surface area contributed by atoms with Crippen molar-refractivity contribution in [2.45, 2.75) is 40.2 Å². The van der Waals surface area contributed by atoms with Crippen molar-refractivity contribution in [2.75, 3.05) is 13.1 Å². The lowest BCUT2D eigenvalue weighted by molar-refractivity contribution is 0.235. The van der Waals surface area contributed by atoms with E-state index in [1.807, 2.05) is 0 Å². The third-order valence-corrected chi connectivity index (χ3v) is 2.75. The Bertz CT molecular complexity index is 168. The third kappa shape index (κ3) is 2.34. The van der Waals surface area contributed by atoms with Crippen molar-refractivity contribution < 1.29 is 0 Å². The van der Waals surface area contributed by atoms with E-state index in [1.54, 1.807) is 5.57 Å². The molecule has 12 heavy (non-hydrogen) atoms. The summed E-state index contributed by atoms with van der Waals surface area (Å²) in [6.07, 6.45) is 3.68. The average Bonchev–Trinajstić information content (AvgIpc) is 2.04. The Hall–Kier alpha value is -0.300. The van der Waals surface area contributed by atoms with E-state index in [2.05, 4.69) is 38.7 Å². The van der Waals surface area contributed by atoms with E-state index in [0.717, 1.165) is 12.5 Å². The molecule has 0 radical (unpaired) electrons. The van der Waals surface area contributed by atoms with E-state index >= 15 is 0 Å². The zero-order chi connectivity index (χ0) is 9.14. The summed E-state index contributed by atoms with van der Waals surface area (Å²) in [5.74, 6) is 0.749. The second-order valence-electron chi connectivity index (χ2n) is 4.27. The predicted octanol–water partition coefficient (Wildman–Crippen LogP) is 2.68. The van der Waals surface area contributed by atoms with E-state index in [9.17, 15) is 0 Å². The first-order valence-electron chi connectivity index (χ1n) is 5.04. The Morgan fingerprint density at radius 3 is 2.25 bits per heavy atom. The molecule has 0 amide bonds. The molecule has 1 aliphatic rings. The number of hydrogen-bond acceptors (Lipinski definition) is 1. The minimum atomic E-state index is 0.704. The molecule has 0 atom stereocenters. The molecular formula is C11H21N. The lowest BCUT2D eigenvalue weighted by Gasteiger charge is -2.30. The van der Waals surface area contributed by atoms with Crippen LogP contribution in [-0.4, -0.2) is 24.0 Å². The van der Waals surface area contributed by atoms with Gasteiger partial charge < -0.3 is 0 Å². The fraction of sp³-hybridized carbons (Fsp3) is 0.818. The molecule has 0 aromatic heterocycles. The molecule has 0 aromatic carbocycles. The molecule has 0 spiro atoms. The first kappa shape index (κ1) is 9.79. The summed E-state index contributed by atoms with van der Waals surface area (Å²) in [6.45, 7) is 11.5. The number of rotatable bonds is 2. The van der Waals surface area contributed by atoms with Gasteiger partial charge in [-0.05, 0) is 26.2 Å². The van der Waals surface area contributed by atoms with Crippen LogP contribution in [0.3, 0.4) is 0 Å². The van der Waals surface area contributed by atoms with Crippen LogP contribution in [-0.2, 0) is 0 Å². The molecule has 0 fully saturated rings. The molecule has 1 rings (SSSR count). The molecular weight excluding hydrogens is 146 g/mol. The van der Waals surface area contributed by atoms with Crippen LogP contribution in [0.25, 0.3) is 0 Å². The van der Waals surface area contributed by atoms with Gasteiger partial charge in [-0.25, -0.2) is 0 Å². The van der Waals surface area contributed by atoms with Gasteiger partial charge in [0.25, 0.3) is 0 Å². The first-order valence-corrected chi connectivity index (χ1v) is 5.04. The Labute approximate surface area is 76.5 Å². The maximum Gasteiger partial charge on any atom is 0.0168 e. The topological polar surface area (TPSA) is 3.24 Å². The monoisotopic (exact) mass is 167 g/mol. The molecule has 0 aliphatic carbocycles. The summed E-state index contributed by atoms with van der Waals surface area (Å²) >= 11 is 0. The molecule has 0 saturated heterocycles. The molecule has 0 unspecified atom stereocenters. The van der Waals surface area contributed by atoms with E-state index in [-0.39, 0.29) is 0 Å². The Morgan fingerprint density at radius 2 is 1.92 bits per heavy atom. The fourth-order valence-electron chi connectivity index (χ4n) is 1.69.